The summed E-state index contributed by atoms with van der Waals surface area (Å²) >= 11 is 0. The molecule has 124 valence electrons. The van der Waals surface area contributed by atoms with Gasteiger partial charge in [0, 0.05) is 55.0 Å². The summed E-state index contributed by atoms with van der Waals surface area (Å²) in [5.41, 5.74) is 5.74. The van der Waals surface area contributed by atoms with Gasteiger partial charge in [0.25, 0.3) is 0 Å². The maximum Gasteiger partial charge on any atom is 0.180 e. The van der Waals surface area contributed by atoms with Crippen LogP contribution >= 0.6 is 0 Å². The van der Waals surface area contributed by atoms with Crippen molar-refractivity contribution in [2.24, 2.45) is 0 Å². The maximum absolute atomic E-state index is 4.78. The summed E-state index contributed by atoms with van der Waals surface area (Å²) in [6.45, 7) is 2.06. The average Bonchev–Trinajstić information content (AvgIpc) is 3.13. The Kier molecular flexibility index (Phi) is 3.78. The van der Waals surface area contributed by atoms with Gasteiger partial charge in [0.1, 0.15) is 0 Å². The van der Waals surface area contributed by atoms with Crippen LogP contribution in [-0.4, -0.2) is 26.4 Å². The van der Waals surface area contributed by atoms with Crippen molar-refractivity contribution in [3.8, 4) is 11.3 Å². The van der Waals surface area contributed by atoms with Crippen LogP contribution in [0.4, 0.5) is 17.2 Å². The minimum Gasteiger partial charge on any atom is -0.388 e. The second-order valence-corrected chi connectivity index (χ2v) is 5.78. The quantitative estimate of drug-likeness (QED) is 0.594. The van der Waals surface area contributed by atoms with Gasteiger partial charge in [-0.2, -0.15) is 0 Å². The normalized spacial score (nSPS) is 10.8. The van der Waals surface area contributed by atoms with E-state index in [0.29, 0.717) is 5.82 Å². The number of anilines is 3. The molecule has 3 heterocycles. The second kappa shape index (κ2) is 6.24. The molecule has 4 aromatic rings. The molecule has 0 fully saturated rings. The molecule has 0 aliphatic rings. The molecule has 0 saturated carbocycles. The highest BCUT2D eigenvalue weighted by Gasteiger charge is 2.11. The fraction of sp³-hybridized carbons (Fsp3) is 0.105. The zero-order chi connectivity index (χ0) is 17.2. The van der Waals surface area contributed by atoms with Crippen LogP contribution in [0.15, 0.2) is 61.3 Å². The van der Waals surface area contributed by atoms with Gasteiger partial charge >= 0.3 is 0 Å². The minimum absolute atomic E-state index is 0.711. The second-order valence-electron chi connectivity index (χ2n) is 5.78. The Morgan fingerprint density at radius 2 is 2.04 bits per heavy atom. The van der Waals surface area contributed by atoms with Crippen molar-refractivity contribution >= 4 is 22.8 Å². The largest absolute Gasteiger partial charge is 0.388 e. The molecule has 6 nitrogen and oxygen atoms in total. The summed E-state index contributed by atoms with van der Waals surface area (Å²) in [6, 6.07) is 10.1. The van der Waals surface area contributed by atoms with Crippen LogP contribution in [-0.2, 0) is 0 Å². The molecule has 1 aromatic carbocycles. The predicted octanol–water partition coefficient (Wildman–Crippen LogP) is 3.89. The van der Waals surface area contributed by atoms with E-state index in [0.717, 1.165) is 33.8 Å². The molecule has 6 heteroatoms. The zero-order valence-electron chi connectivity index (χ0n) is 14.1. The Labute approximate surface area is 145 Å². The number of benzene rings is 1. The number of hydrogen-bond acceptors (Lipinski definition) is 5. The molecule has 0 saturated heterocycles. The van der Waals surface area contributed by atoms with Crippen LogP contribution in [0.5, 0.6) is 0 Å². The summed E-state index contributed by atoms with van der Waals surface area (Å²) in [7, 11) is 1.91. The molecule has 0 aliphatic carbocycles. The first-order valence-electron chi connectivity index (χ1n) is 8.04. The monoisotopic (exact) mass is 330 g/mol. The Morgan fingerprint density at radius 3 is 2.84 bits per heavy atom. The molecule has 2 N–H and O–H groups in total. The van der Waals surface area contributed by atoms with Gasteiger partial charge in [-0.1, -0.05) is 6.07 Å². The van der Waals surface area contributed by atoms with Gasteiger partial charge < -0.3 is 15.0 Å². The van der Waals surface area contributed by atoms with Crippen molar-refractivity contribution in [3.63, 3.8) is 0 Å². The summed E-state index contributed by atoms with van der Waals surface area (Å²) in [5, 5.41) is 6.59. The lowest BCUT2D eigenvalue weighted by atomic mass is 10.1. The molecule has 4 rings (SSSR count). The van der Waals surface area contributed by atoms with Crippen molar-refractivity contribution in [2.75, 3.05) is 17.7 Å². The molecule has 3 aromatic heterocycles. The van der Waals surface area contributed by atoms with Gasteiger partial charge in [-0.15, -0.1) is 0 Å². The Hall–Kier alpha value is -3.41. The first kappa shape index (κ1) is 15.1. The van der Waals surface area contributed by atoms with E-state index in [1.54, 1.807) is 12.4 Å². The summed E-state index contributed by atoms with van der Waals surface area (Å²) in [4.78, 5) is 13.4. The van der Waals surface area contributed by atoms with Crippen LogP contribution in [0.25, 0.3) is 16.9 Å². The van der Waals surface area contributed by atoms with Gasteiger partial charge in [-0.25, -0.2) is 9.97 Å². The molecule has 25 heavy (non-hydrogen) atoms. The molecular weight excluding hydrogens is 312 g/mol. The topological polar surface area (TPSA) is 67.1 Å². The number of fused-ring (bicyclic) bond motifs is 1. The molecule has 0 aliphatic heterocycles. The van der Waals surface area contributed by atoms with Gasteiger partial charge in [-0.05, 0) is 36.8 Å². The third kappa shape index (κ3) is 2.89. The number of imidazole rings is 1. The third-order valence-electron chi connectivity index (χ3n) is 4.11. The van der Waals surface area contributed by atoms with E-state index in [2.05, 4.69) is 39.7 Å². The highest BCUT2D eigenvalue weighted by Crippen LogP contribution is 2.27. The Balaban J connectivity index is 1.83. The molecule has 0 amide bonds. The number of nitrogens with one attached hydrogen (secondary N) is 2. The summed E-state index contributed by atoms with van der Waals surface area (Å²) in [6.07, 6.45) is 9.21. The first-order chi connectivity index (χ1) is 12.2. The van der Waals surface area contributed by atoms with Gasteiger partial charge in [0.15, 0.2) is 11.5 Å². The molecule has 0 spiro atoms. The Bertz CT molecular complexity index is 1020. The zero-order valence-corrected chi connectivity index (χ0v) is 14.1. The molecule has 0 unspecified atom stereocenters. The van der Waals surface area contributed by atoms with Gasteiger partial charge in [0.05, 0.1) is 5.69 Å². The molecular formula is C19H18N6. The highest BCUT2D eigenvalue weighted by atomic mass is 15.1. The molecule has 0 atom stereocenters. The lowest BCUT2D eigenvalue weighted by molar-refractivity contribution is 1.13. The van der Waals surface area contributed by atoms with Crippen LogP contribution in [0.3, 0.4) is 0 Å². The SMILES string of the molecule is CNc1ccc(C)c(Nc2nc(-c3cccnc3)cn3ccnc23)c1. The average molecular weight is 330 g/mol. The maximum atomic E-state index is 4.78. The lowest BCUT2D eigenvalue weighted by Crippen LogP contribution is -2.02. The fourth-order valence-corrected chi connectivity index (χ4v) is 2.71. The highest BCUT2D eigenvalue weighted by molar-refractivity contribution is 5.76. The number of aryl methyl sites for hydroxylation is 1. The summed E-state index contributed by atoms with van der Waals surface area (Å²) < 4.78 is 1.97. The smallest absolute Gasteiger partial charge is 0.180 e. The predicted molar refractivity (Wildman–Crippen MR) is 100 cm³/mol. The standard InChI is InChI=1S/C19H18N6/c1-13-5-6-15(20-2)10-16(13)23-18-19-22-8-9-25(19)12-17(24-18)14-4-3-7-21-11-14/h3-12,20H,1-2H3,(H,23,24). The van der Waals surface area contributed by atoms with Crippen molar-refractivity contribution < 1.29 is 0 Å². The molecule has 0 radical (unpaired) electrons. The van der Waals surface area contributed by atoms with Crippen molar-refractivity contribution in [2.45, 2.75) is 6.92 Å². The van der Waals surface area contributed by atoms with Crippen molar-refractivity contribution in [1.82, 2.24) is 19.4 Å². The van der Waals surface area contributed by atoms with E-state index in [1.165, 1.54) is 0 Å². The molecule has 0 bridgehead atoms. The van der Waals surface area contributed by atoms with Crippen molar-refractivity contribution in [1.29, 1.82) is 0 Å². The number of hydrogen-bond donors (Lipinski definition) is 2. The number of pyridine rings is 1. The summed E-state index contributed by atoms with van der Waals surface area (Å²) in [5.74, 6) is 0.711. The fourth-order valence-electron chi connectivity index (χ4n) is 2.71. The van der Waals surface area contributed by atoms with E-state index < -0.39 is 0 Å². The van der Waals surface area contributed by atoms with E-state index in [1.807, 2.05) is 48.2 Å². The van der Waals surface area contributed by atoms with Crippen LogP contribution < -0.4 is 10.6 Å². The van der Waals surface area contributed by atoms with E-state index in [9.17, 15) is 0 Å². The van der Waals surface area contributed by atoms with E-state index >= 15 is 0 Å². The Morgan fingerprint density at radius 1 is 1.12 bits per heavy atom. The van der Waals surface area contributed by atoms with E-state index in [4.69, 9.17) is 4.98 Å². The first-order valence-corrected chi connectivity index (χ1v) is 8.04. The van der Waals surface area contributed by atoms with Gasteiger partial charge in [-0.3, -0.25) is 4.98 Å². The minimum atomic E-state index is 0.711. The van der Waals surface area contributed by atoms with Crippen LogP contribution in [0, 0.1) is 6.92 Å². The van der Waals surface area contributed by atoms with Gasteiger partial charge in [0.2, 0.25) is 0 Å². The number of aromatic nitrogens is 4. The van der Waals surface area contributed by atoms with Crippen LogP contribution in [0.2, 0.25) is 0 Å². The van der Waals surface area contributed by atoms with Crippen LogP contribution in [0.1, 0.15) is 5.56 Å². The number of nitrogens with zero attached hydrogens (tertiary/aromatic N) is 4. The van der Waals surface area contributed by atoms with E-state index in [-0.39, 0.29) is 0 Å². The number of rotatable bonds is 4. The lowest BCUT2D eigenvalue weighted by Gasteiger charge is -2.13. The third-order valence-corrected chi connectivity index (χ3v) is 4.11. The van der Waals surface area contributed by atoms with Crippen molar-refractivity contribution in [3.05, 3.63) is 66.9 Å².